The van der Waals surface area contributed by atoms with E-state index in [2.05, 4.69) is 5.32 Å². The molecule has 0 aliphatic heterocycles. The molecule has 0 saturated carbocycles. The average Bonchev–Trinajstić information content (AvgIpc) is 3.05. The highest BCUT2D eigenvalue weighted by molar-refractivity contribution is 5.88. The lowest BCUT2D eigenvalue weighted by molar-refractivity contribution is -0.145. The smallest absolute Gasteiger partial charge is 0.408 e. The van der Waals surface area contributed by atoms with Crippen molar-refractivity contribution in [2.45, 2.75) is 32.1 Å². The fourth-order valence-corrected chi connectivity index (χ4v) is 4.46. The molecule has 5 rings (SSSR count). The van der Waals surface area contributed by atoms with Gasteiger partial charge in [0.1, 0.15) is 47.5 Å². The van der Waals surface area contributed by atoms with Crippen molar-refractivity contribution < 1.29 is 38.1 Å². The first kappa shape index (κ1) is 30.6. The van der Waals surface area contributed by atoms with Crippen molar-refractivity contribution in [2.75, 3.05) is 0 Å². The Balaban J connectivity index is 1.31. The maximum Gasteiger partial charge on any atom is 0.408 e. The van der Waals surface area contributed by atoms with E-state index in [9.17, 15) is 24.3 Å². The van der Waals surface area contributed by atoms with Crippen molar-refractivity contribution in [1.82, 2.24) is 5.32 Å². The van der Waals surface area contributed by atoms with Crippen molar-refractivity contribution in [1.29, 1.82) is 0 Å². The fourth-order valence-electron chi connectivity index (χ4n) is 4.46. The predicted octanol–water partition coefficient (Wildman–Crippen LogP) is 5.89. The summed E-state index contributed by atoms with van der Waals surface area (Å²) in [6, 6.07) is 29.3. The molecular formula is C35H29NO9. The van der Waals surface area contributed by atoms with Gasteiger partial charge in [-0.1, -0.05) is 91.0 Å². The number of rotatable bonds is 11. The lowest BCUT2D eigenvalue weighted by Crippen LogP contribution is -2.43. The molecule has 0 aliphatic rings. The molecular weight excluding hydrogens is 578 g/mol. The molecule has 0 fully saturated rings. The van der Waals surface area contributed by atoms with Gasteiger partial charge in [0, 0.05) is 30.2 Å². The molecule has 0 saturated heterocycles. The Morgan fingerprint density at radius 2 is 1.38 bits per heavy atom. The molecule has 1 unspecified atom stereocenters. The van der Waals surface area contributed by atoms with Crippen LogP contribution in [-0.4, -0.2) is 29.2 Å². The zero-order valence-corrected chi connectivity index (χ0v) is 24.0. The third-order valence-electron chi connectivity index (χ3n) is 6.73. The van der Waals surface area contributed by atoms with Crippen LogP contribution in [-0.2, 0) is 32.3 Å². The van der Waals surface area contributed by atoms with E-state index < -0.39 is 35.3 Å². The molecule has 10 nitrogen and oxygen atoms in total. The van der Waals surface area contributed by atoms with Gasteiger partial charge in [-0.05, 0) is 17.5 Å². The van der Waals surface area contributed by atoms with Gasteiger partial charge in [-0.15, -0.1) is 0 Å². The van der Waals surface area contributed by atoms with Gasteiger partial charge < -0.3 is 29.1 Å². The summed E-state index contributed by atoms with van der Waals surface area (Å²) in [5.41, 5.74) is 1.67. The quantitative estimate of drug-likeness (QED) is 0.139. The van der Waals surface area contributed by atoms with E-state index in [0.717, 1.165) is 17.2 Å². The Labute approximate surface area is 257 Å². The second-order valence-corrected chi connectivity index (χ2v) is 10.0. The Bertz CT molecular complexity index is 1840. The zero-order chi connectivity index (χ0) is 31.6. The van der Waals surface area contributed by atoms with Crippen LogP contribution in [0.5, 0.6) is 11.5 Å². The van der Waals surface area contributed by atoms with E-state index in [1.54, 1.807) is 48.5 Å². The summed E-state index contributed by atoms with van der Waals surface area (Å²) in [5, 5.41) is 13.0. The van der Waals surface area contributed by atoms with E-state index in [4.69, 9.17) is 18.6 Å². The summed E-state index contributed by atoms with van der Waals surface area (Å²) in [7, 11) is 0. The largest absolute Gasteiger partial charge is 0.507 e. The van der Waals surface area contributed by atoms with Gasteiger partial charge >= 0.3 is 18.0 Å². The second-order valence-electron chi connectivity index (χ2n) is 10.0. The normalized spacial score (nSPS) is 11.4. The molecule has 1 heterocycles. The minimum atomic E-state index is -1.32. The van der Waals surface area contributed by atoms with Crippen molar-refractivity contribution in [3.8, 4) is 22.8 Å². The highest BCUT2D eigenvalue weighted by Gasteiger charge is 2.26. The van der Waals surface area contributed by atoms with E-state index in [0.29, 0.717) is 5.56 Å². The molecule has 1 atom stereocenters. The van der Waals surface area contributed by atoms with Crippen LogP contribution in [0.2, 0.25) is 0 Å². The Kier molecular flexibility index (Phi) is 9.86. The molecule has 2 N–H and O–H groups in total. The number of aromatic hydroxyl groups is 1. The third-order valence-corrected chi connectivity index (χ3v) is 6.73. The van der Waals surface area contributed by atoms with Crippen LogP contribution in [0.4, 0.5) is 4.79 Å². The maximum absolute atomic E-state index is 13.3. The first-order chi connectivity index (χ1) is 21.9. The highest BCUT2D eigenvalue weighted by atomic mass is 16.6. The predicted molar refractivity (Wildman–Crippen MR) is 164 cm³/mol. The Morgan fingerprint density at radius 3 is 2.02 bits per heavy atom. The molecule has 10 heteroatoms. The molecule has 0 spiro atoms. The van der Waals surface area contributed by atoms with Crippen LogP contribution in [0.25, 0.3) is 22.3 Å². The summed E-state index contributed by atoms with van der Waals surface area (Å²) in [6.07, 6.45) is -1.29. The van der Waals surface area contributed by atoms with Gasteiger partial charge in [-0.25, -0.2) is 9.59 Å². The van der Waals surface area contributed by atoms with Gasteiger partial charge in [-0.2, -0.15) is 0 Å². The van der Waals surface area contributed by atoms with E-state index in [-0.39, 0.29) is 48.5 Å². The molecule has 0 radical (unpaired) electrons. The molecule has 1 amide bonds. The number of ether oxygens (including phenoxy) is 3. The number of phenolic OH excluding ortho intramolecular Hbond substituents is 1. The number of esters is 2. The molecule has 4 aromatic carbocycles. The lowest BCUT2D eigenvalue weighted by Gasteiger charge is -2.18. The van der Waals surface area contributed by atoms with Crippen LogP contribution >= 0.6 is 0 Å². The van der Waals surface area contributed by atoms with Crippen LogP contribution in [0.15, 0.2) is 118 Å². The number of fused-ring (bicyclic) bond motifs is 1. The van der Waals surface area contributed by atoms with E-state index >= 15 is 0 Å². The Morgan fingerprint density at radius 1 is 0.778 bits per heavy atom. The SMILES string of the molecule is O=C(CCC(NC(=O)OCc1ccccc1)C(=O)Oc1cc(O)c2c(=O)cc(-c3ccccc3)oc2c1)OCc1ccccc1. The summed E-state index contributed by atoms with van der Waals surface area (Å²) in [6.45, 7) is 0.00273. The first-order valence-electron chi connectivity index (χ1n) is 14.1. The third kappa shape index (κ3) is 8.35. The second kappa shape index (κ2) is 14.5. The monoisotopic (exact) mass is 607 g/mol. The standard InChI is InChI=1S/C35H29NO9/c37-28-18-26(19-31-33(28)29(38)20-30(45-31)25-14-8-3-9-15-25)44-34(40)27(36-35(41)43-22-24-12-6-2-7-13-24)16-17-32(39)42-21-23-10-4-1-5-11-23/h1-15,18-20,27,37H,16-17,21-22H2,(H,36,41). The molecule has 0 aliphatic carbocycles. The van der Waals surface area contributed by atoms with Crippen LogP contribution in [0.1, 0.15) is 24.0 Å². The number of carbonyl (C=O) groups is 3. The first-order valence-corrected chi connectivity index (χ1v) is 14.1. The van der Waals surface area contributed by atoms with Crippen molar-refractivity contribution in [2.24, 2.45) is 0 Å². The molecule has 1 aromatic heterocycles. The molecule has 228 valence electrons. The molecule has 5 aromatic rings. The summed E-state index contributed by atoms with van der Waals surface area (Å²) < 4.78 is 21.9. The van der Waals surface area contributed by atoms with Crippen LogP contribution < -0.4 is 15.5 Å². The topological polar surface area (TPSA) is 141 Å². The van der Waals surface area contributed by atoms with Crippen molar-refractivity contribution in [3.63, 3.8) is 0 Å². The average molecular weight is 608 g/mol. The van der Waals surface area contributed by atoms with Crippen molar-refractivity contribution in [3.05, 3.63) is 131 Å². The van der Waals surface area contributed by atoms with Gasteiger partial charge in [0.15, 0.2) is 5.43 Å². The van der Waals surface area contributed by atoms with E-state index in [1.165, 1.54) is 12.1 Å². The minimum absolute atomic E-state index is 0.0135. The number of hydrogen-bond acceptors (Lipinski definition) is 9. The molecule has 0 bridgehead atoms. The van der Waals surface area contributed by atoms with Gasteiger partial charge in [0.05, 0.1) is 0 Å². The van der Waals surface area contributed by atoms with Crippen LogP contribution in [0, 0.1) is 0 Å². The highest BCUT2D eigenvalue weighted by Crippen LogP contribution is 2.31. The van der Waals surface area contributed by atoms with Crippen LogP contribution in [0.3, 0.4) is 0 Å². The molecule has 45 heavy (non-hydrogen) atoms. The summed E-state index contributed by atoms with van der Waals surface area (Å²) in [5.74, 6) is -1.88. The Hall–Kier alpha value is -5.90. The van der Waals surface area contributed by atoms with Gasteiger partial charge in [0.2, 0.25) is 0 Å². The summed E-state index contributed by atoms with van der Waals surface area (Å²) >= 11 is 0. The van der Waals surface area contributed by atoms with Gasteiger partial charge in [-0.3, -0.25) is 9.59 Å². The van der Waals surface area contributed by atoms with Gasteiger partial charge in [0.25, 0.3) is 0 Å². The number of amides is 1. The zero-order valence-electron chi connectivity index (χ0n) is 24.0. The van der Waals surface area contributed by atoms with E-state index in [1.807, 2.05) is 42.5 Å². The number of benzene rings is 4. The number of hydrogen-bond donors (Lipinski definition) is 2. The lowest BCUT2D eigenvalue weighted by atomic mass is 10.1. The number of alkyl carbamates (subject to hydrolysis) is 1. The fraction of sp³-hybridized carbons (Fsp3) is 0.143. The number of carbonyl (C=O) groups excluding carboxylic acids is 3. The van der Waals surface area contributed by atoms with Crippen molar-refractivity contribution >= 4 is 29.0 Å². The number of phenols is 1. The number of nitrogens with one attached hydrogen (secondary N) is 1. The maximum atomic E-state index is 13.3. The minimum Gasteiger partial charge on any atom is -0.507 e. The summed E-state index contributed by atoms with van der Waals surface area (Å²) in [4.78, 5) is 51.2.